The summed E-state index contributed by atoms with van der Waals surface area (Å²) >= 11 is 6.03. The second-order valence-corrected chi connectivity index (χ2v) is 4.27. The minimum absolute atomic E-state index is 0.314. The molecule has 1 heterocycles. The molecular weight excluding hydrogens is 280 g/mol. The first-order chi connectivity index (χ1) is 9.65. The maximum atomic E-state index is 12.2. The summed E-state index contributed by atoms with van der Waals surface area (Å²) < 4.78 is 5.09. The maximum absolute atomic E-state index is 12.2. The highest BCUT2D eigenvalue weighted by Crippen LogP contribution is 2.27. The lowest BCUT2D eigenvalue weighted by molar-refractivity contribution is 0.102. The Kier molecular flexibility index (Phi) is 4.39. The van der Waals surface area contributed by atoms with Gasteiger partial charge in [-0.25, -0.2) is 0 Å². The number of nitrogens with zero attached hydrogens (tertiary/aromatic N) is 1. The fraction of sp³-hybridized carbons (Fsp3) is 0.0769. The molecule has 1 aromatic carbocycles. The Hall–Kier alpha value is -2.31. The predicted octanol–water partition coefficient (Wildman–Crippen LogP) is 2.28. The van der Waals surface area contributed by atoms with Gasteiger partial charge in [-0.1, -0.05) is 11.6 Å². The van der Waals surface area contributed by atoms with Crippen molar-refractivity contribution in [3.05, 3.63) is 47.2 Å². The van der Waals surface area contributed by atoms with E-state index < -0.39 is 0 Å². The van der Waals surface area contributed by atoms with Crippen molar-refractivity contribution in [3.63, 3.8) is 0 Å². The number of pyridine rings is 1. The Bertz CT molecular complexity index is 634. The number of nitrogens with two attached hydrogens (primary N) is 1. The monoisotopic (exact) mass is 292 g/mol. The van der Waals surface area contributed by atoms with Gasteiger partial charge in [-0.3, -0.25) is 15.6 Å². The number of hydrazine groups is 1. The molecule has 4 N–H and O–H groups in total. The Morgan fingerprint density at radius 1 is 1.35 bits per heavy atom. The molecule has 0 saturated heterocycles. The molecule has 20 heavy (non-hydrogen) atoms. The highest BCUT2D eigenvalue weighted by atomic mass is 35.5. The number of hydrogen-bond acceptors (Lipinski definition) is 5. The Labute approximate surface area is 120 Å². The van der Waals surface area contributed by atoms with Gasteiger partial charge in [0.05, 0.1) is 29.1 Å². The summed E-state index contributed by atoms with van der Waals surface area (Å²) in [6.07, 6.45) is 2.95. The zero-order valence-corrected chi connectivity index (χ0v) is 11.4. The van der Waals surface area contributed by atoms with E-state index in [1.54, 1.807) is 24.3 Å². The van der Waals surface area contributed by atoms with Crippen molar-refractivity contribution < 1.29 is 9.53 Å². The van der Waals surface area contributed by atoms with Crippen molar-refractivity contribution in [1.82, 2.24) is 4.98 Å². The number of benzene rings is 1. The number of amides is 1. The van der Waals surface area contributed by atoms with E-state index in [2.05, 4.69) is 15.7 Å². The van der Waals surface area contributed by atoms with E-state index in [0.717, 1.165) is 0 Å². The Balaban J connectivity index is 2.27. The van der Waals surface area contributed by atoms with E-state index >= 15 is 0 Å². The van der Waals surface area contributed by atoms with E-state index in [4.69, 9.17) is 22.2 Å². The third kappa shape index (κ3) is 2.98. The van der Waals surface area contributed by atoms with Crippen molar-refractivity contribution in [2.75, 3.05) is 17.9 Å². The lowest BCUT2D eigenvalue weighted by Gasteiger charge is -2.11. The second-order valence-electron chi connectivity index (χ2n) is 3.87. The Morgan fingerprint density at radius 3 is 2.85 bits per heavy atom. The lowest BCUT2D eigenvalue weighted by Crippen LogP contribution is -2.17. The van der Waals surface area contributed by atoms with Crippen LogP contribution in [0.15, 0.2) is 36.7 Å². The van der Waals surface area contributed by atoms with Gasteiger partial charge in [-0.05, 0) is 18.2 Å². The molecule has 1 aromatic heterocycles. The van der Waals surface area contributed by atoms with Crippen LogP contribution in [0.25, 0.3) is 0 Å². The molecule has 104 valence electrons. The van der Waals surface area contributed by atoms with E-state index in [1.165, 1.54) is 19.5 Å². The predicted molar refractivity (Wildman–Crippen MR) is 78.0 cm³/mol. The second kappa shape index (κ2) is 6.23. The largest absolute Gasteiger partial charge is 0.497 e. The zero-order chi connectivity index (χ0) is 14.5. The van der Waals surface area contributed by atoms with E-state index in [1.807, 2.05) is 0 Å². The molecule has 2 aromatic rings. The fourth-order valence-corrected chi connectivity index (χ4v) is 1.78. The van der Waals surface area contributed by atoms with Crippen LogP contribution >= 0.6 is 11.6 Å². The van der Waals surface area contributed by atoms with Crippen LogP contribution in [-0.2, 0) is 0 Å². The zero-order valence-electron chi connectivity index (χ0n) is 10.7. The molecule has 0 aliphatic rings. The minimum Gasteiger partial charge on any atom is -0.497 e. The molecule has 6 nitrogen and oxygen atoms in total. The summed E-state index contributed by atoms with van der Waals surface area (Å²) in [5, 5.41) is 3.10. The smallest absolute Gasteiger partial charge is 0.259 e. The Morgan fingerprint density at radius 2 is 2.15 bits per heavy atom. The fourth-order valence-electron chi connectivity index (χ4n) is 1.62. The normalized spacial score (nSPS) is 9.95. The average molecular weight is 293 g/mol. The van der Waals surface area contributed by atoms with Crippen molar-refractivity contribution in [2.45, 2.75) is 0 Å². The molecule has 7 heteroatoms. The highest BCUT2D eigenvalue weighted by Gasteiger charge is 2.13. The molecule has 0 aliphatic carbocycles. The first-order valence-electron chi connectivity index (χ1n) is 5.71. The van der Waals surface area contributed by atoms with Crippen LogP contribution in [0.3, 0.4) is 0 Å². The van der Waals surface area contributed by atoms with Crippen LogP contribution in [0.5, 0.6) is 5.75 Å². The van der Waals surface area contributed by atoms with Gasteiger partial charge < -0.3 is 15.5 Å². The number of carbonyl (C=O) groups excluding carboxylic acids is 1. The summed E-state index contributed by atoms with van der Waals surface area (Å²) in [4.78, 5) is 16.1. The average Bonchev–Trinajstić information content (AvgIpc) is 2.49. The molecule has 1 amide bonds. The van der Waals surface area contributed by atoms with Crippen molar-refractivity contribution in [3.8, 4) is 5.75 Å². The summed E-state index contributed by atoms with van der Waals surface area (Å²) in [5.41, 5.74) is 3.67. The molecule has 0 radical (unpaired) electrons. The molecular formula is C13H13ClN4O2. The van der Waals surface area contributed by atoms with Gasteiger partial charge >= 0.3 is 0 Å². The molecule has 2 rings (SSSR count). The van der Waals surface area contributed by atoms with Crippen molar-refractivity contribution >= 4 is 28.9 Å². The van der Waals surface area contributed by atoms with Gasteiger partial charge in [0.15, 0.2) is 0 Å². The van der Waals surface area contributed by atoms with E-state index in [9.17, 15) is 4.79 Å². The standard InChI is InChI=1S/C13H13ClN4O2/c1-20-8-2-3-10(14)12(6-8)17-13(19)9-7-16-5-4-11(9)18-15/h2-7H,15H2,1H3,(H,16,18)(H,17,19). The SMILES string of the molecule is COc1ccc(Cl)c(NC(=O)c2cnccc2NN)c1. The first kappa shape index (κ1) is 14.1. The van der Waals surface area contributed by atoms with Crippen LogP contribution in [0.2, 0.25) is 5.02 Å². The number of ether oxygens (including phenoxy) is 1. The molecule has 0 aliphatic heterocycles. The molecule has 0 saturated carbocycles. The number of anilines is 2. The summed E-state index contributed by atoms with van der Waals surface area (Å²) in [6.45, 7) is 0. The third-order valence-corrected chi connectivity index (χ3v) is 2.97. The maximum Gasteiger partial charge on any atom is 0.259 e. The molecule has 0 spiro atoms. The summed E-state index contributed by atoms with van der Waals surface area (Å²) in [7, 11) is 1.53. The van der Waals surface area contributed by atoms with Gasteiger partial charge in [0.25, 0.3) is 5.91 Å². The number of hydrogen-bond donors (Lipinski definition) is 3. The first-order valence-corrected chi connectivity index (χ1v) is 6.09. The third-order valence-electron chi connectivity index (χ3n) is 2.64. The van der Waals surface area contributed by atoms with Crippen molar-refractivity contribution in [1.29, 1.82) is 0 Å². The van der Waals surface area contributed by atoms with Crippen LogP contribution in [0.1, 0.15) is 10.4 Å². The topological polar surface area (TPSA) is 89.3 Å². The minimum atomic E-state index is -0.374. The number of halogens is 1. The molecule has 0 bridgehead atoms. The van der Waals surface area contributed by atoms with Gasteiger partial charge in [-0.15, -0.1) is 0 Å². The number of methoxy groups -OCH3 is 1. The number of nitrogens with one attached hydrogen (secondary N) is 2. The lowest BCUT2D eigenvalue weighted by atomic mass is 10.2. The van der Waals surface area contributed by atoms with Crippen molar-refractivity contribution in [2.24, 2.45) is 5.84 Å². The highest BCUT2D eigenvalue weighted by molar-refractivity contribution is 6.34. The summed E-state index contributed by atoms with van der Waals surface area (Å²) in [6, 6.07) is 6.57. The molecule has 0 fully saturated rings. The van der Waals surface area contributed by atoms with Gasteiger partial charge in [0, 0.05) is 18.5 Å². The van der Waals surface area contributed by atoms with Crippen LogP contribution < -0.4 is 21.3 Å². The number of aromatic nitrogens is 1. The quantitative estimate of drug-likeness (QED) is 0.594. The number of carbonyl (C=O) groups is 1. The van der Waals surface area contributed by atoms with Gasteiger partial charge in [0.2, 0.25) is 0 Å². The van der Waals surface area contributed by atoms with Gasteiger partial charge in [-0.2, -0.15) is 0 Å². The number of nitrogen functional groups attached to an aromatic ring is 1. The van der Waals surface area contributed by atoms with Crippen LogP contribution in [-0.4, -0.2) is 18.0 Å². The molecule has 0 unspecified atom stereocenters. The number of rotatable bonds is 4. The summed E-state index contributed by atoms with van der Waals surface area (Å²) in [5.74, 6) is 5.57. The molecule has 0 atom stereocenters. The van der Waals surface area contributed by atoms with Crippen LogP contribution in [0, 0.1) is 0 Å². The van der Waals surface area contributed by atoms with E-state index in [-0.39, 0.29) is 5.91 Å². The van der Waals surface area contributed by atoms with Crippen LogP contribution in [0.4, 0.5) is 11.4 Å². The van der Waals surface area contributed by atoms with E-state index in [0.29, 0.717) is 27.7 Å². The van der Waals surface area contributed by atoms with Gasteiger partial charge in [0.1, 0.15) is 5.75 Å².